The third-order valence-electron chi connectivity index (χ3n) is 4.43. The smallest absolute Gasteiger partial charge is 0.356 e. The molecule has 1 aromatic rings. The zero-order valence-electron chi connectivity index (χ0n) is 18.9. The van der Waals surface area contributed by atoms with Gasteiger partial charge in [-0.3, -0.25) is 14.4 Å². The first kappa shape index (κ1) is 27.2. The lowest BCUT2D eigenvalue weighted by molar-refractivity contribution is -0.146. The van der Waals surface area contributed by atoms with Gasteiger partial charge in [0.2, 0.25) is 0 Å². The molecule has 0 spiro atoms. The second-order valence-corrected chi connectivity index (χ2v) is 7.18. The molecule has 0 N–H and O–H groups in total. The lowest BCUT2D eigenvalue weighted by atomic mass is 10.1. The molecule has 0 aliphatic carbocycles. The molecule has 0 aliphatic heterocycles. The summed E-state index contributed by atoms with van der Waals surface area (Å²) in [6.07, 6.45) is 5.75. The van der Waals surface area contributed by atoms with E-state index in [4.69, 9.17) is 18.9 Å². The van der Waals surface area contributed by atoms with Crippen molar-refractivity contribution in [2.45, 2.75) is 58.3 Å². The van der Waals surface area contributed by atoms with Gasteiger partial charge in [-0.15, -0.1) is 0 Å². The molecule has 0 fully saturated rings. The Kier molecular flexibility index (Phi) is 14.3. The molecule has 1 rings (SSSR count). The van der Waals surface area contributed by atoms with E-state index in [2.05, 4.69) is 4.98 Å². The molecule has 0 aromatic carbocycles. The van der Waals surface area contributed by atoms with Crippen molar-refractivity contribution in [2.75, 3.05) is 33.5 Å². The van der Waals surface area contributed by atoms with Gasteiger partial charge in [0.15, 0.2) is 5.78 Å². The second kappa shape index (κ2) is 16.8. The van der Waals surface area contributed by atoms with Crippen LogP contribution in [0.15, 0.2) is 18.3 Å². The van der Waals surface area contributed by atoms with Crippen LogP contribution in [0.25, 0.3) is 0 Å². The van der Waals surface area contributed by atoms with Gasteiger partial charge < -0.3 is 18.9 Å². The summed E-state index contributed by atoms with van der Waals surface area (Å²) in [5, 5.41) is 0. The van der Waals surface area contributed by atoms with E-state index in [1.165, 1.54) is 25.3 Å². The van der Waals surface area contributed by atoms with Crippen LogP contribution in [0.1, 0.15) is 79.1 Å². The largest absolute Gasteiger partial charge is 0.466 e. The summed E-state index contributed by atoms with van der Waals surface area (Å²) in [6.45, 7) is 2.85. The average molecular weight is 452 g/mol. The maximum absolute atomic E-state index is 11.9. The minimum Gasteiger partial charge on any atom is -0.466 e. The predicted molar refractivity (Wildman–Crippen MR) is 115 cm³/mol. The minimum atomic E-state index is -0.599. The Hall–Kier alpha value is -2.81. The van der Waals surface area contributed by atoms with Crippen LogP contribution >= 0.6 is 0 Å². The van der Waals surface area contributed by atoms with Crippen LogP contribution in [0, 0.1) is 0 Å². The number of hydrogen-bond acceptors (Lipinski definition) is 9. The summed E-state index contributed by atoms with van der Waals surface area (Å²) < 4.78 is 20.3. The van der Waals surface area contributed by atoms with Gasteiger partial charge in [-0.1, -0.05) is 0 Å². The molecule has 1 aromatic heterocycles. The van der Waals surface area contributed by atoms with Crippen LogP contribution in [0.5, 0.6) is 0 Å². The Morgan fingerprint density at radius 3 is 1.84 bits per heavy atom. The lowest BCUT2D eigenvalue weighted by Crippen LogP contribution is -2.11. The van der Waals surface area contributed by atoms with Gasteiger partial charge >= 0.3 is 17.9 Å². The van der Waals surface area contributed by atoms with E-state index < -0.39 is 5.97 Å². The van der Waals surface area contributed by atoms with E-state index in [0.717, 1.165) is 12.8 Å². The molecular formula is C23H33NO8. The number of unbranched alkanes of at least 4 members (excludes halogenated alkanes) is 3. The fourth-order valence-corrected chi connectivity index (χ4v) is 2.61. The molecule has 0 bridgehead atoms. The summed E-state index contributed by atoms with van der Waals surface area (Å²) in [5.74, 6) is -1.33. The summed E-state index contributed by atoms with van der Waals surface area (Å²) in [6, 6.07) is 2.93. The molecule has 0 aliphatic rings. The molecule has 32 heavy (non-hydrogen) atoms. The maximum atomic E-state index is 11.9. The van der Waals surface area contributed by atoms with Crippen molar-refractivity contribution < 1.29 is 38.1 Å². The number of rotatable bonds is 17. The standard InChI is InChI=1S/C23H33NO8/c1-18(25)19-11-12-24-20(17-19)23(28)32-16-8-7-15-31-22(27)10-4-3-9-21(26)30-14-6-5-13-29-2/h11-12,17H,3-10,13-16H2,1-2H3. The Bertz CT molecular complexity index is 734. The number of esters is 3. The van der Waals surface area contributed by atoms with Gasteiger partial charge in [-0.05, 0) is 57.6 Å². The Morgan fingerprint density at radius 1 is 0.781 bits per heavy atom. The number of pyridine rings is 1. The van der Waals surface area contributed by atoms with E-state index in [0.29, 0.717) is 44.5 Å². The van der Waals surface area contributed by atoms with Crippen molar-refractivity contribution in [1.82, 2.24) is 4.98 Å². The van der Waals surface area contributed by atoms with Gasteiger partial charge in [0.1, 0.15) is 5.69 Å². The van der Waals surface area contributed by atoms with Gasteiger partial charge in [0.25, 0.3) is 0 Å². The summed E-state index contributed by atoms with van der Waals surface area (Å²) in [4.78, 5) is 50.4. The summed E-state index contributed by atoms with van der Waals surface area (Å²) >= 11 is 0. The molecule has 9 heteroatoms. The number of Topliss-reactive ketones (excluding diaryl/α,β-unsaturated/α-hetero) is 1. The fourth-order valence-electron chi connectivity index (χ4n) is 2.61. The summed E-state index contributed by atoms with van der Waals surface area (Å²) in [5.41, 5.74) is 0.479. The van der Waals surface area contributed by atoms with Crippen molar-refractivity contribution in [3.63, 3.8) is 0 Å². The SMILES string of the molecule is COCCCCOC(=O)CCCCC(=O)OCCCCOC(=O)c1cc(C(C)=O)ccn1. The van der Waals surface area contributed by atoms with Crippen LogP contribution in [0.4, 0.5) is 0 Å². The number of aromatic nitrogens is 1. The zero-order chi connectivity index (χ0) is 23.6. The predicted octanol–water partition coefficient (Wildman–Crippen LogP) is 3.29. The van der Waals surface area contributed by atoms with E-state index in [9.17, 15) is 19.2 Å². The highest BCUT2D eigenvalue weighted by Crippen LogP contribution is 2.06. The fraction of sp³-hybridized carbons (Fsp3) is 0.609. The number of carbonyl (C=O) groups is 4. The van der Waals surface area contributed by atoms with Crippen LogP contribution in [0.2, 0.25) is 0 Å². The molecular weight excluding hydrogens is 418 g/mol. The molecule has 9 nitrogen and oxygen atoms in total. The molecule has 0 unspecified atom stereocenters. The van der Waals surface area contributed by atoms with Gasteiger partial charge in [0, 0.05) is 38.3 Å². The van der Waals surface area contributed by atoms with Crippen molar-refractivity contribution >= 4 is 23.7 Å². The normalized spacial score (nSPS) is 10.4. The second-order valence-electron chi connectivity index (χ2n) is 7.18. The number of methoxy groups -OCH3 is 1. The van der Waals surface area contributed by atoms with Crippen LogP contribution in [-0.2, 0) is 28.5 Å². The number of ether oxygens (including phenoxy) is 4. The Balaban J connectivity index is 2.01. The average Bonchev–Trinajstić information content (AvgIpc) is 2.78. The Labute approximate surface area is 188 Å². The van der Waals surface area contributed by atoms with Crippen molar-refractivity contribution in [1.29, 1.82) is 0 Å². The highest BCUT2D eigenvalue weighted by Gasteiger charge is 2.11. The van der Waals surface area contributed by atoms with Crippen LogP contribution < -0.4 is 0 Å². The van der Waals surface area contributed by atoms with E-state index in [1.807, 2.05) is 0 Å². The molecule has 0 amide bonds. The van der Waals surface area contributed by atoms with E-state index in [1.54, 1.807) is 7.11 Å². The zero-order valence-corrected chi connectivity index (χ0v) is 18.9. The topological polar surface area (TPSA) is 118 Å². The molecule has 0 radical (unpaired) electrons. The molecule has 1 heterocycles. The highest BCUT2D eigenvalue weighted by atomic mass is 16.5. The van der Waals surface area contributed by atoms with Crippen molar-refractivity contribution in [3.8, 4) is 0 Å². The molecule has 0 saturated carbocycles. The van der Waals surface area contributed by atoms with Gasteiger partial charge in [-0.25, -0.2) is 9.78 Å². The minimum absolute atomic E-state index is 0.0825. The first-order valence-corrected chi connectivity index (χ1v) is 10.9. The first-order chi connectivity index (χ1) is 15.4. The highest BCUT2D eigenvalue weighted by molar-refractivity contribution is 5.96. The Morgan fingerprint density at radius 2 is 1.31 bits per heavy atom. The van der Waals surface area contributed by atoms with Gasteiger partial charge in [0.05, 0.1) is 19.8 Å². The number of nitrogens with zero attached hydrogens (tertiary/aromatic N) is 1. The van der Waals surface area contributed by atoms with E-state index >= 15 is 0 Å². The third-order valence-corrected chi connectivity index (χ3v) is 4.43. The molecule has 0 saturated heterocycles. The van der Waals surface area contributed by atoms with E-state index in [-0.39, 0.29) is 49.5 Å². The number of hydrogen-bond donors (Lipinski definition) is 0. The van der Waals surface area contributed by atoms with Crippen molar-refractivity contribution in [2.24, 2.45) is 0 Å². The van der Waals surface area contributed by atoms with Crippen LogP contribution in [0.3, 0.4) is 0 Å². The summed E-state index contributed by atoms with van der Waals surface area (Å²) in [7, 11) is 1.63. The molecule has 0 atom stereocenters. The van der Waals surface area contributed by atoms with Gasteiger partial charge in [-0.2, -0.15) is 0 Å². The third kappa shape index (κ3) is 12.8. The lowest BCUT2D eigenvalue weighted by Gasteiger charge is -2.07. The molecule has 178 valence electrons. The number of ketones is 1. The first-order valence-electron chi connectivity index (χ1n) is 10.9. The number of carbonyl (C=O) groups excluding carboxylic acids is 4. The maximum Gasteiger partial charge on any atom is 0.356 e. The van der Waals surface area contributed by atoms with Crippen LogP contribution in [-0.4, -0.2) is 62.2 Å². The quantitative estimate of drug-likeness (QED) is 0.152. The monoisotopic (exact) mass is 451 g/mol. The van der Waals surface area contributed by atoms with Crippen molar-refractivity contribution in [3.05, 3.63) is 29.6 Å².